The molecule has 0 aliphatic heterocycles. The minimum Gasteiger partial charge on any atom is -0.346 e. The summed E-state index contributed by atoms with van der Waals surface area (Å²) in [4.78, 5) is 47.0. The smallest absolute Gasteiger partial charge is 0.321 e. The van der Waals surface area contributed by atoms with Crippen LogP contribution in [0.5, 0.6) is 0 Å². The molecule has 36 heavy (non-hydrogen) atoms. The normalized spacial score (nSPS) is 12.2. The molecule has 1 unspecified atom stereocenters. The monoisotopic (exact) mass is 486 g/mol. The highest BCUT2D eigenvalue weighted by molar-refractivity contribution is 6.16. The van der Waals surface area contributed by atoms with Crippen molar-refractivity contribution in [3.8, 4) is 0 Å². The summed E-state index contributed by atoms with van der Waals surface area (Å²) >= 11 is 0. The fourth-order valence-electron chi connectivity index (χ4n) is 4.25. The predicted octanol–water partition coefficient (Wildman–Crippen LogP) is 4.57. The van der Waals surface area contributed by atoms with E-state index < -0.39 is 23.4 Å². The minimum atomic E-state index is -1.96. The first kappa shape index (κ1) is 26.5. The zero-order valence-electron chi connectivity index (χ0n) is 21.3. The third-order valence-corrected chi connectivity index (χ3v) is 6.12. The number of nitrogens with one attached hydrogen (secondary N) is 1. The lowest BCUT2D eigenvalue weighted by molar-refractivity contribution is -0.149. The first-order valence-electron chi connectivity index (χ1n) is 12.1. The molecule has 0 aliphatic rings. The summed E-state index contributed by atoms with van der Waals surface area (Å²) in [6, 6.07) is 26.7. The Balaban J connectivity index is 2.32. The van der Waals surface area contributed by atoms with Crippen LogP contribution in [0.2, 0.25) is 0 Å². The number of anilines is 1. The quantitative estimate of drug-likeness (QED) is 0.450. The average Bonchev–Trinajstić information content (AvgIpc) is 2.90. The maximum Gasteiger partial charge on any atom is 0.321 e. The van der Waals surface area contributed by atoms with Gasteiger partial charge in [0.05, 0.1) is 0 Å². The second kappa shape index (κ2) is 12.0. The lowest BCUT2D eigenvalue weighted by atomic mass is 9.84. The van der Waals surface area contributed by atoms with Gasteiger partial charge in [0, 0.05) is 39.4 Å². The average molecular weight is 487 g/mol. The van der Waals surface area contributed by atoms with Crippen molar-refractivity contribution in [2.24, 2.45) is 0 Å². The molecule has 0 saturated heterocycles. The molecular formula is C29H34N4O3. The molecule has 4 amide bonds. The van der Waals surface area contributed by atoms with Crippen LogP contribution in [-0.2, 0) is 21.7 Å². The van der Waals surface area contributed by atoms with Gasteiger partial charge in [-0.15, -0.1) is 0 Å². The van der Waals surface area contributed by atoms with Crippen LogP contribution < -0.4 is 5.32 Å². The van der Waals surface area contributed by atoms with Crippen LogP contribution >= 0.6 is 0 Å². The molecule has 0 bridgehead atoms. The van der Waals surface area contributed by atoms with Gasteiger partial charge in [-0.2, -0.15) is 0 Å². The summed E-state index contributed by atoms with van der Waals surface area (Å²) in [6.07, 6.45) is 0. The molecule has 1 N–H and O–H groups in total. The third kappa shape index (κ3) is 5.40. The van der Waals surface area contributed by atoms with E-state index in [1.165, 1.54) is 9.80 Å². The lowest BCUT2D eigenvalue weighted by Crippen LogP contribution is -2.65. The van der Waals surface area contributed by atoms with Gasteiger partial charge in [-0.3, -0.25) is 14.5 Å². The highest BCUT2D eigenvalue weighted by Gasteiger charge is 2.56. The van der Waals surface area contributed by atoms with E-state index in [4.69, 9.17) is 0 Å². The van der Waals surface area contributed by atoms with Crippen LogP contribution in [0.1, 0.15) is 25.0 Å². The molecule has 0 saturated carbocycles. The Kier molecular flexibility index (Phi) is 8.84. The van der Waals surface area contributed by atoms with Crippen LogP contribution in [0.4, 0.5) is 10.5 Å². The Bertz CT molecular complexity index is 1150. The van der Waals surface area contributed by atoms with Gasteiger partial charge in [0.25, 0.3) is 11.8 Å². The molecule has 3 aromatic rings. The number of carbonyl (C=O) groups excluding carboxylic acids is 3. The maximum atomic E-state index is 14.3. The van der Waals surface area contributed by atoms with E-state index in [1.807, 2.05) is 56.3 Å². The van der Waals surface area contributed by atoms with Crippen LogP contribution in [0.3, 0.4) is 0 Å². The van der Waals surface area contributed by atoms with Gasteiger partial charge in [-0.1, -0.05) is 78.9 Å². The van der Waals surface area contributed by atoms with Crippen molar-refractivity contribution >= 4 is 23.5 Å². The molecule has 188 valence electrons. The van der Waals surface area contributed by atoms with E-state index >= 15 is 0 Å². The van der Waals surface area contributed by atoms with Crippen LogP contribution in [0.25, 0.3) is 0 Å². The predicted molar refractivity (Wildman–Crippen MR) is 142 cm³/mol. The van der Waals surface area contributed by atoms with Gasteiger partial charge in [0.1, 0.15) is 0 Å². The summed E-state index contributed by atoms with van der Waals surface area (Å²) in [5.41, 5.74) is -0.217. The largest absolute Gasteiger partial charge is 0.346 e. The second-order valence-corrected chi connectivity index (χ2v) is 8.62. The summed E-state index contributed by atoms with van der Waals surface area (Å²) in [7, 11) is 3.19. The van der Waals surface area contributed by atoms with Gasteiger partial charge in [-0.05, 0) is 37.1 Å². The van der Waals surface area contributed by atoms with Crippen molar-refractivity contribution < 1.29 is 14.4 Å². The first-order chi connectivity index (χ1) is 17.4. The Morgan fingerprint density at radius 3 is 1.75 bits per heavy atom. The zero-order valence-corrected chi connectivity index (χ0v) is 21.3. The number of carbonyl (C=O) groups is 3. The number of rotatable bonds is 9. The fourth-order valence-corrected chi connectivity index (χ4v) is 4.25. The van der Waals surface area contributed by atoms with Gasteiger partial charge in [0.15, 0.2) is 0 Å². The van der Waals surface area contributed by atoms with E-state index in [0.29, 0.717) is 24.3 Å². The number of urea groups is 1. The van der Waals surface area contributed by atoms with E-state index in [1.54, 1.807) is 67.5 Å². The summed E-state index contributed by atoms with van der Waals surface area (Å²) in [5, 5.41) is 2.91. The van der Waals surface area contributed by atoms with Crippen LogP contribution in [-0.4, -0.2) is 59.7 Å². The van der Waals surface area contributed by atoms with Crippen molar-refractivity contribution in [1.29, 1.82) is 0 Å². The Labute approximate surface area is 213 Å². The van der Waals surface area contributed by atoms with E-state index in [9.17, 15) is 14.4 Å². The van der Waals surface area contributed by atoms with Gasteiger partial charge in [0.2, 0.25) is 5.54 Å². The first-order valence-corrected chi connectivity index (χ1v) is 12.1. The zero-order chi connectivity index (χ0) is 26.1. The number of para-hydroxylation sites is 1. The fraction of sp³-hybridized carbons (Fsp3) is 0.276. The number of hydrogen-bond acceptors (Lipinski definition) is 3. The molecule has 0 fully saturated rings. The molecule has 7 nitrogen and oxygen atoms in total. The number of nitrogens with zero attached hydrogens (tertiary/aromatic N) is 3. The molecule has 0 aromatic heterocycles. The molecule has 1 atom stereocenters. The van der Waals surface area contributed by atoms with Crippen LogP contribution in [0.15, 0.2) is 91.0 Å². The number of benzene rings is 3. The lowest BCUT2D eigenvalue weighted by Gasteiger charge is -2.44. The Morgan fingerprint density at radius 1 is 0.750 bits per heavy atom. The van der Waals surface area contributed by atoms with Gasteiger partial charge >= 0.3 is 6.03 Å². The van der Waals surface area contributed by atoms with Gasteiger partial charge in [-0.25, -0.2) is 4.79 Å². The van der Waals surface area contributed by atoms with E-state index in [0.717, 1.165) is 5.56 Å². The Morgan fingerprint density at radius 2 is 1.25 bits per heavy atom. The highest BCUT2D eigenvalue weighted by Crippen LogP contribution is 2.35. The summed E-state index contributed by atoms with van der Waals surface area (Å²) in [6.45, 7) is 4.69. The van der Waals surface area contributed by atoms with Gasteiger partial charge < -0.3 is 15.1 Å². The van der Waals surface area contributed by atoms with Crippen LogP contribution in [0, 0.1) is 0 Å². The molecular weight excluding hydrogens is 452 g/mol. The van der Waals surface area contributed by atoms with Crippen molar-refractivity contribution in [1.82, 2.24) is 14.7 Å². The number of hydrogen-bond donors (Lipinski definition) is 1. The Hall–Kier alpha value is -4.13. The van der Waals surface area contributed by atoms with Crippen molar-refractivity contribution in [2.75, 3.05) is 32.5 Å². The molecule has 3 rings (SSSR count). The molecule has 7 heteroatoms. The minimum absolute atomic E-state index is 0.0624. The van der Waals surface area contributed by atoms with Crippen molar-refractivity contribution in [3.63, 3.8) is 0 Å². The molecule has 0 spiro atoms. The summed E-state index contributed by atoms with van der Waals surface area (Å²) < 4.78 is 0. The highest BCUT2D eigenvalue weighted by atomic mass is 16.2. The maximum absolute atomic E-state index is 14.3. The standard InChI is InChI=1S/C29H34N4O3/c1-5-32(6-2)28(36)33(22-23-16-10-7-11-17-23)29(27(35)31(3)4,24-18-12-8-13-19-24)26(34)30-25-20-14-9-15-21-25/h7-21H,5-6,22H2,1-4H3,(H,30,34). The number of amides is 4. The summed E-state index contributed by atoms with van der Waals surface area (Å²) in [5.74, 6) is -1.12. The molecule has 3 aromatic carbocycles. The topological polar surface area (TPSA) is 73.0 Å². The third-order valence-electron chi connectivity index (χ3n) is 6.12. The van der Waals surface area contributed by atoms with E-state index in [-0.39, 0.29) is 6.54 Å². The van der Waals surface area contributed by atoms with Crippen molar-refractivity contribution in [2.45, 2.75) is 25.9 Å². The second-order valence-electron chi connectivity index (χ2n) is 8.62. The molecule has 0 heterocycles. The van der Waals surface area contributed by atoms with E-state index in [2.05, 4.69) is 5.32 Å². The molecule has 0 aliphatic carbocycles. The SMILES string of the molecule is CCN(CC)C(=O)N(Cc1ccccc1)C(C(=O)Nc1ccccc1)(C(=O)N(C)C)c1ccccc1. The molecule has 0 radical (unpaired) electrons. The number of likely N-dealkylation sites (N-methyl/N-ethyl adjacent to an activating group) is 1. The van der Waals surface area contributed by atoms with Crippen molar-refractivity contribution in [3.05, 3.63) is 102 Å².